The molecule has 0 radical (unpaired) electrons. The van der Waals surface area contributed by atoms with Gasteiger partial charge in [-0.15, -0.1) is 0 Å². The van der Waals surface area contributed by atoms with Crippen LogP contribution in [-0.4, -0.2) is 14.8 Å². The van der Waals surface area contributed by atoms with Gasteiger partial charge in [0.15, 0.2) is 5.82 Å². The van der Waals surface area contributed by atoms with Crippen LogP contribution in [0.15, 0.2) is 24.3 Å². The number of nitrogens with zero attached hydrogens (tertiary/aromatic N) is 4. The number of rotatable bonds is 3. The van der Waals surface area contributed by atoms with E-state index in [0.29, 0.717) is 11.5 Å². The largest absolute Gasteiger partial charge is 0.219 e. The summed E-state index contributed by atoms with van der Waals surface area (Å²) in [6.45, 7) is 4.16. The van der Waals surface area contributed by atoms with Crippen molar-refractivity contribution in [2.24, 2.45) is 0 Å². The van der Waals surface area contributed by atoms with Crippen molar-refractivity contribution < 1.29 is 0 Å². The summed E-state index contributed by atoms with van der Waals surface area (Å²) in [6.07, 6.45) is 1.80. The van der Waals surface area contributed by atoms with Crippen LogP contribution >= 0.6 is 0 Å². The predicted octanol–water partition coefficient (Wildman–Crippen LogP) is 2.26. The first-order chi connectivity index (χ1) is 8.28. The molecule has 4 heteroatoms. The molecule has 4 nitrogen and oxygen atoms in total. The summed E-state index contributed by atoms with van der Waals surface area (Å²) in [4.78, 5) is 4.26. The van der Waals surface area contributed by atoms with E-state index in [-0.39, 0.29) is 0 Å². The van der Waals surface area contributed by atoms with Crippen LogP contribution in [-0.2, 0) is 12.8 Å². The van der Waals surface area contributed by atoms with Crippen LogP contribution in [0.25, 0.3) is 5.82 Å². The maximum atomic E-state index is 8.84. The number of nitriles is 1. The molecule has 0 saturated carbocycles. The summed E-state index contributed by atoms with van der Waals surface area (Å²) in [5.41, 5.74) is 2.58. The molecule has 0 aliphatic carbocycles. The molecule has 0 atom stereocenters. The van der Waals surface area contributed by atoms with Crippen molar-refractivity contribution in [3.05, 3.63) is 41.3 Å². The second-order valence-electron chi connectivity index (χ2n) is 3.74. The molecule has 0 aliphatic rings. The Morgan fingerprint density at radius 3 is 2.76 bits per heavy atom. The highest BCUT2D eigenvalue weighted by molar-refractivity contribution is 5.31. The lowest BCUT2D eigenvalue weighted by Gasteiger charge is -2.04. The molecule has 2 heterocycles. The molecule has 0 aliphatic heterocycles. The highest BCUT2D eigenvalue weighted by atomic mass is 15.3. The van der Waals surface area contributed by atoms with Crippen LogP contribution in [0.1, 0.15) is 30.9 Å². The van der Waals surface area contributed by atoms with E-state index in [1.165, 1.54) is 0 Å². The Morgan fingerprint density at radius 2 is 2.12 bits per heavy atom. The minimum absolute atomic E-state index is 0.415. The third-order valence-electron chi connectivity index (χ3n) is 2.62. The van der Waals surface area contributed by atoms with Gasteiger partial charge in [-0.25, -0.2) is 9.67 Å². The van der Waals surface area contributed by atoms with Crippen LogP contribution < -0.4 is 0 Å². The van der Waals surface area contributed by atoms with Gasteiger partial charge in [0.2, 0.25) is 0 Å². The lowest BCUT2D eigenvalue weighted by molar-refractivity contribution is 0.771. The van der Waals surface area contributed by atoms with Crippen LogP contribution in [0, 0.1) is 11.3 Å². The molecule has 0 saturated heterocycles. The van der Waals surface area contributed by atoms with Gasteiger partial charge in [-0.3, -0.25) is 0 Å². The van der Waals surface area contributed by atoms with E-state index in [1.54, 1.807) is 6.07 Å². The molecule has 2 aromatic rings. The van der Waals surface area contributed by atoms with Crippen molar-refractivity contribution in [1.29, 1.82) is 5.26 Å². The number of aromatic nitrogens is 3. The van der Waals surface area contributed by atoms with Gasteiger partial charge in [0.1, 0.15) is 11.8 Å². The zero-order valence-electron chi connectivity index (χ0n) is 10.0. The van der Waals surface area contributed by atoms with Crippen molar-refractivity contribution in [3.63, 3.8) is 0 Å². The SMILES string of the molecule is CCc1cc(CC)n(-c2cccc(C#N)n2)n1. The third kappa shape index (κ3) is 2.18. The van der Waals surface area contributed by atoms with Crippen molar-refractivity contribution >= 4 is 0 Å². The quantitative estimate of drug-likeness (QED) is 0.806. The lowest BCUT2D eigenvalue weighted by atomic mass is 10.2. The Bertz CT molecular complexity index is 563. The first kappa shape index (κ1) is 11.3. The van der Waals surface area contributed by atoms with Gasteiger partial charge >= 0.3 is 0 Å². The average molecular weight is 226 g/mol. The molecule has 86 valence electrons. The maximum Gasteiger partial charge on any atom is 0.155 e. The molecule has 0 N–H and O–H groups in total. The van der Waals surface area contributed by atoms with Gasteiger partial charge in [0.25, 0.3) is 0 Å². The minimum atomic E-state index is 0.415. The van der Waals surface area contributed by atoms with Gasteiger partial charge in [0, 0.05) is 5.69 Å². The van der Waals surface area contributed by atoms with E-state index in [1.807, 2.05) is 22.9 Å². The van der Waals surface area contributed by atoms with Crippen LogP contribution in [0.3, 0.4) is 0 Å². The Kier molecular flexibility index (Phi) is 3.20. The molecular formula is C13H14N4. The minimum Gasteiger partial charge on any atom is -0.219 e. The fourth-order valence-electron chi connectivity index (χ4n) is 1.70. The summed E-state index contributed by atoms with van der Waals surface area (Å²) >= 11 is 0. The van der Waals surface area contributed by atoms with E-state index in [4.69, 9.17) is 5.26 Å². The smallest absolute Gasteiger partial charge is 0.155 e. The molecule has 2 aromatic heterocycles. The maximum absolute atomic E-state index is 8.84. The Balaban J connectivity index is 2.51. The second kappa shape index (κ2) is 4.79. The van der Waals surface area contributed by atoms with Gasteiger partial charge < -0.3 is 0 Å². The Labute approximate surface area is 101 Å². The number of aryl methyl sites for hydroxylation is 2. The van der Waals surface area contributed by atoms with E-state index in [2.05, 4.69) is 30.0 Å². The van der Waals surface area contributed by atoms with Crippen molar-refractivity contribution in [2.45, 2.75) is 26.7 Å². The van der Waals surface area contributed by atoms with Gasteiger partial charge in [-0.05, 0) is 31.0 Å². The summed E-state index contributed by atoms with van der Waals surface area (Å²) < 4.78 is 1.82. The zero-order chi connectivity index (χ0) is 12.3. The monoisotopic (exact) mass is 226 g/mol. The molecule has 0 aromatic carbocycles. The summed E-state index contributed by atoms with van der Waals surface area (Å²) in [5, 5.41) is 13.3. The predicted molar refractivity (Wildman–Crippen MR) is 64.8 cm³/mol. The van der Waals surface area contributed by atoms with Crippen LogP contribution in [0.5, 0.6) is 0 Å². The molecule has 0 unspecified atom stereocenters. The molecular weight excluding hydrogens is 212 g/mol. The standard InChI is InChI=1S/C13H14N4/c1-3-10-8-12(4-2)17(16-10)13-7-5-6-11(9-14)15-13/h5-8H,3-4H2,1-2H3. The van der Waals surface area contributed by atoms with Gasteiger partial charge in [0.05, 0.1) is 5.69 Å². The van der Waals surface area contributed by atoms with Crippen molar-refractivity contribution in [2.75, 3.05) is 0 Å². The fraction of sp³-hybridized carbons (Fsp3) is 0.308. The van der Waals surface area contributed by atoms with Gasteiger partial charge in [-0.1, -0.05) is 19.9 Å². The van der Waals surface area contributed by atoms with E-state index in [0.717, 1.165) is 24.2 Å². The first-order valence-corrected chi connectivity index (χ1v) is 5.73. The third-order valence-corrected chi connectivity index (χ3v) is 2.62. The Hall–Kier alpha value is -2.15. The number of hydrogen-bond donors (Lipinski definition) is 0. The first-order valence-electron chi connectivity index (χ1n) is 5.73. The topological polar surface area (TPSA) is 54.5 Å². The van der Waals surface area contributed by atoms with Crippen molar-refractivity contribution in [1.82, 2.24) is 14.8 Å². The molecule has 0 spiro atoms. The lowest BCUT2D eigenvalue weighted by Crippen LogP contribution is -2.04. The van der Waals surface area contributed by atoms with E-state index in [9.17, 15) is 0 Å². The number of hydrogen-bond acceptors (Lipinski definition) is 3. The highest BCUT2D eigenvalue weighted by Gasteiger charge is 2.08. The molecule has 17 heavy (non-hydrogen) atoms. The summed E-state index contributed by atoms with van der Waals surface area (Å²) in [6, 6.07) is 9.52. The molecule has 0 fully saturated rings. The van der Waals surface area contributed by atoms with E-state index >= 15 is 0 Å². The highest BCUT2D eigenvalue weighted by Crippen LogP contribution is 2.12. The summed E-state index contributed by atoms with van der Waals surface area (Å²) in [5.74, 6) is 0.709. The molecule has 0 bridgehead atoms. The van der Waals surface area contributed by atoms with Gasteiger partial charge in [-0.2, -0.15) is 10.4 Å². The molecule has 0 amide bonds. The van der Waals surface area contributed by atoms with Crippen LogP contribution in [0.2, 0.25) is 0 Å². The molecule has 2 rings (SSSR count). The Morgan fingerprint density at radius 1 is 1.29 bits per heavy atom. The second-order valence-corrected chi connectivity index (χ2v) is 3.74. The van der Waals surface area contributed by atoms with Crippen LogP contribution in [0.4, 0.5) is 0 Å². The summed E-state index contributed by atoms with van der Waals surface area (Å²) in [7, 11) is 0. The van der Waals surface area contributed by atoms with E-state index < -0.39 is 0 Å². The normalized spacial score (nSPS) is 10.2. The van der Waals surface area contributed by atoms with Crippen molar-refractivity contribution in [3.8, 4) is 11.9 Å². The number of pyridine rings is 1. The zero-order valence-corrected chi connectivity index (χ0v) is 10.0. The average Bonchev–Trinajstić information content (AvgIpc) is 2.82. The fourth-order valence-corrected chi connectivity index (χ4v) is 1.70.